The van der Waals surface area contributed by atoms with E-state index in [1.54, 1.807) is 0 Å². The van der Waals surface area contributed by atoms with Gasteiger partial charge in [-0.3, -0.25) is 4.79 Å². The molecular formula is C7H13N5O. The molecule has 0 bridgehead atoms. The second kappa shape index (κ2) is 3.90. The SMILES string of the molecule is CC(CN)Nc1nc[nH]c(=O)c1N. The Bertz CT molecular complexity index is 334. The zero-order chi connectivity index (χ0) is 9.84. The van der Waals surface area contributed by atoms with Crippen molar-refractivity contribution >= 4 is 11.5 Å². The van der Waals surface area contributed by atoms with Crippen LogP contribution in [-0.4, -0.2) is 22.6 Å². The molecular weight excluding hydrogens is 170 g/mol. The third-order valence-electron chi connectivity index (χ3n) is 1.63. The summed E-state index contributed by atoms with van der Waals surface area (Å²) >= 11 is 0. The molecule has 0 saturated heterocycles. The van der Waals surface area contributed by atoms with Gasteiger partial charge in [-0.1, -0.05) is 0 Å². The number of hydrogen-bond acceptors (Lipinski definition) is 5. The van der Waals surface area contributed by atoms with Gasteiger partial charge in [-0.25, -0.2) is 4.98 Å². The second-order valence-corrected chi connectivity index (χ2v) is 2.78. The third-order valence-corrected chi connectivity index (χ3v) is 1.63. The van der Waals surface area contributed by atoms with E-state index in [1.165, 1.54) is 6.33 Å². The molecule has 0 aliphatic carbocycles. The van der Waals surface area contributed by atoms with Crippen LogP contribution in [0.1, 0.15) is 6.92 Å². The lowest BCUT2D eigenvalue weighted by Gasteiger charge is -2.12. The van der Waals surface area contributed by atoms with Crippen molar-refractivity contribution in [2.24, 2.45) is 5.73 Å². The minimum absolute atomic E-state index is 0.0385. The fourth-order valence-corrected chi connectivity index (χ4v) is 0.818. The van der Waals surface area contributed by atoms with E-state index in [1.807, 2.05) is 6.92 Å². The van der Waals surface area contributed by atoms with Crippen molar-refractivity contribution in [2.45, 2.75) is 13.0 Å². The molecule has 0 aromatic carbocycles. The first kappa shape index (κ1) is 9.53. The molecule has 0 saturated carbocycles. The van der Waals surface area contributed by atoms with Gasteiger partial charge in [0.1, 0.15) is 5.69 Å². The average Bonchev–Trinajstić information content (AvgIpc) is 2.13. The predicted octanol–water partition coefficient (Wildman–Crippen LogP) is -0.889. The van der Waals surface area contributed by atoms with Gasteiger partial charge in [0.05, 0.1) is 6.33 Å². The van der Waals surface area contributed by atoms with Crippen LogP contribution in [0, 0.1) is 0 Å². The number of nitrogens with one attached hydrogen (secondary N) is 2. The highest BCUT2D eigenvalue weighted by molar-refractivity contribution is 5.59. The van der Waals surface area contributed by atoms with Gasteiger partial charge in [-0.05, 0) is 6.92 Å². The van der Waals surface area contributed by atoms with E-state index < -0.39 is 0 Å². The zero-order valence-electron chi connectivity index (χ0n) is 7.37. The molecule has 0 aliphatic heterocycles. The van der Waals surface area contributed by atoms with Crippen molar-refractivity contribution in [1.29, 1.82) is 0 Å². The van der Waals surface area contributed by atoms with Crippen molar-refractivity contribution in [3.8, 4) is 0 Å². The standard InChI is InChI=1S/C7H13N5O/c1-4(2-8)12-6-5(9)7(13)11-3-10-6/h3-4H,2,8-9H2,1H3,(H2,10,11,12,13). The molecule has 1 heterocycles. The van der Waals surface area contributed by atoms with E-state index in [2.05, 4.69) is 15.3 Å². The van der Waals surface area contributed by atoms with Gasteiger partial charge < -0.3 is 21.8 Å². The van der Waals surface area contributed by atoms with E-state index in [4.69, 9.17) is 11.5 Å². The van der Waals surface area contributed by atoms with Crippen molar-refractivity contribution in [2.75, 3.05) is 17.6 Å². The molecule has 1 unspecified atom stereocenters. The van der Waals surface area contributed by atoms with Crippen LogP contribution in [0.15, 0.2) is 11.1 Å². The molecule has 1 aromatic heterocycles. The summed E-state index contributed by atoms with van der Waals surface area (Å²) in [5, 5.41) is 2.92. The highest BCUT2D eigenvalue weighted by Gasteiger charge is 2.06. The first-order valence-electron chi connectivity index (χ1n) is 3.95. The summed E-state index contributed by atoms with van der Waals surface area (Å²) in [7, 11) is 0. The van der Waals surface area contributed by atoms with Gasteiger partial charge in [0.15, 0.2) is 5.82 Å². The number of rotatable bonds is 3. The summed E-state index contributed by atoms with van der Waals surface area (Å²) in [6.45, 7) is 2.33. The summed E-state index contributed by atoms with van der Waals surface area (Å²) in [6.07, 6.45) is 1.30. The number of aromatic amines is 1. The number of aromatic nitrogens is 2. The van der Waals surface area contributed by atoms with Crippen molar-refractivity contribution in [1.82, 2.24) is 9.97 Å². The molecule has 1 aromatic rings. The topological polar surface area (TPSA) is 110 Å². The molecule has 6 nitrogen and oxygen atoms in total. The molecule has 0 aliphatic rings. The molecule has 0 fully saturated rings. The van der Waals surface area contributed by atoms with Crippen LogP contribution in [0.5, 0.6) is 0 Å². The van der Waals surface area contributed by atoms with Crippen LogP contribution in [-0.2, 0) is 0 Å². The van der Waals surface area contributed by atoms with Crippen molar-refractivity contribution in [3.05, 3.63) is 16.7 Å². The lowest BCUT2D eigenvalue weighted by Crippen LogP contribution is -2.27. The van der Waals surface area contributed by atoms with E-state index in [9.17, 15) is 4.79 Å². The Kier molecular flexibility index (Phi) is 2.86. The fraction of sp³-hybridized carbons (Fsp3) is 0.429. The summed E-state index contributed by atoms with van der Waals surface area (Å²) in [5.74, 6) is 0.377. The maximum Gasteiger partial charge on any atom is 0.276 e. The van der Waals surface area contributed by atoms with E-state index in [-0.39, 0.29) is 17.3 Å². The zero-order valence-corrected chi connectivity index (χ0v) is 7.37. The molecule has 72 valence electrons. The van der Waals surface area contributed by atoms with Gasteiger partial charge in [0, 0.05) is 12.6 Å². The van der Waals surface area contributed by atoms with Gasteiger partial charge in [0.2, 0.25) is 0 Å². The first-order valence-corrected chi connectivity index (χ1v) is 3.95. The van der Waals surface area contributed by atoms with Gasteiger partial charge in [-0.2, -0.15) is 0 Å². The summed E-state index contributed by atoms with van der Waals surface area (Å²) in [4.78, 5) is 17.3. The third kappa shape index (κ3) is 2.19. The highest BCUT2D eigenvalue weighted by Crippen LogP contribution is 2.07. The smallest absolute Gasteiger partial charge is 0.276 e. The van der Waals surface area contributed by atoms with Crippen LogP contribution in [0.4, 0.5) is 11.5 Å². The number of H-pyrrole nitrogens is 1. The number of hydrogen-bond donors (Lipinski definition) is 4. The maximum absolute atomic E-state index is 11.0. The van der Waals surface area contributed by atoms with Gasteiger partial charge >= 0.3 is 0 Å². The quantitative estimate of drug-likeness (QED) is 0.486. The summed E-state index contributed by atoms with van der Waals surface area (Å²) < 4.78 is 0. The molecule has 13 heavy (non-hydrogen) atoms. The normalized spacial score (nSPS) is 12.5. The largest absolute Gasteiger partial charge is 0.391 e. The summed E-state index contributed by atoms with van der Waals surface area (Å²) in [6, 6.07) is 0.0385. The fourth-order valence-electron chi connectivity index (χ4n) is 0.818. The van der Waals surface area contributed by atoms with Gasteiger partial charge in [0.25, 0.3) is 5.56 Å². The predicted molar refractivity (Wildman–Crippen MR) is 51.4 cm³/mol. The minimum Gasteiger partial charge on any atom is -0.391 e. The highest BCUT2D eigenvalue weighted by atomic mass is 16.1. The Labute approximate surface area is 75.4 Å². The van der Waals surface area contributed by atoms with Crippen LogP contribution in [0.25, 0.3) is 0 Å². The molecule has 1 atom stereocenters. The number of nitrogens with two attached hydrogens (primary N) is 2. The number of anilines is 2. The van der Waals surface area contributed by atoms with Crippen molar-refractivity contribution < 1.29 is 0 Å². The van der Waals surface area contributed by atoms with Crippen LogP contribution in [0.3, 0.4) is 0 Å². The van der Waals surface area contributed by atoms with E-state index in [0.29, 0.717) is 12.4 Å². The number of nitrogen functional groups attached to an aromatic ring is 1. The summed E-state index contributed by atoms with van der Waals surface area (Å²) in [5.41, 5.74) is 10.6. The Morgan fingerprint density at radius 2 is 2.46 bits per heavy atom. The first-order chi connectivity index (χ1) is 6.15. The second-order valence-electron chi connectivity index (χ2n) is 2.78. The number of nitrogens with zero attached hydrogens (tertiary/aromatic N) is 1. The molecule has 6 N–H and O–H groups in total. The minimum atomic E-state index is -0.346. The lowest BCUT2D eigenvalue weighted by atomic mass is 10.3. The monoisotopic (exact) mass is 183 g/mol. The molecule has 0 spiro atoms. The van der Waals surface area contributed by atoms with Crippen molar-refractivity contribution in [3.63, 3.8) is 0 Å². The Hall–Kier alpha value is -1.56. The average molecular weight is 183 g/mol. The van der Waals surface area contributed by atoms with Crippen LogP contribution < -0.4 is 22.3 Å². The Morgan fingerprint density at radius 1 is 1.77 bits per heavy atom. The lowest BCUT2D eigenvalue weighted by molar-refractivity contribution is 0.797. The Morgan fingerprint density at radius 3 is 3.08 bits per heavy atom. The van der Waals surface area contributed by atoms with Crippen LogP contribution >= 0.6 is 0 Å². The Balaban J connectivity index is 2.89. The van der Waals surface area contributed by atoms with Crippen LogP contribution in [0.2, 0.25) is 0 Å². The van der Waals surface area contributed by atoms with E-state index >= 15 is 0 Å². The molecule has 6 heteroatoms. The molecule has 0 amide bonds. The molecule has 0 radical (unpaired) electrons. The van der Waals surface area contributed by atoms with Gasteiger partial charge in [-0.15, -0.1) is 0 Å². The molecule has 1 rings (SSSR count). The maximum atomic E-state index is 11.0. The van der Waals surface area contributed by atoms with E-state index in [0.717, 1.165) is 0 Å².